The quantitative estimate of drug-likeness (QED) is 0.257. The Bertz CT molecular complexity index is 1260. The van der Waals surface area contributed by atoms with Gasteiger partial charge in [0.2, 0.25) is 0 Å². The number of non-ortho nitro benzene ring substituents is 1. The van der Waals surface area contributed by atoms with Gasteiger partial charge >= 0.3 is 5.97 Å². The first-order chi connectivity index (χ1) is 16.3. The Morgan fingerprint density at radius 3 is 2.50 bits per heavy atom. The number of methoxy groups -OCH3 is 1. The number of benzene rings is 3. The summed E-state index contributed by atoms with van der Waals surface area (Å²) < 4.78 is 11.1. The molecule has 10 heteroatoms. The molecule has 2 N–H and O–H groups in total. The molecule has 9 nitrogen and oxygen atoms in total. The second-order valence-corrected chi connectivity index (χ2v) is 7.34. The molecule has 0 bridgehead atoms. The number of nitro benzene ring substituents is 1. The standard InChI is InChI=1S/C24H19ClN2O7/c1-33-21-13-16(12-20(24(29)30)26-23(28)17-7-3-2-4-8-17)11-19(25)22(21)34-14-15-6-5-9-18(10-15)27(31)32/h2-13H,14H2,1H3,(H,26,28)(H,29,30)/b20-12+. The van der Waals surface area contributed by atoms with Crippen molar-refractivity contribution in [1.29, 1.82) is 0 Å². The number of nitrogens with zero attached hydrogens (tertiary/aromatic N) is 1. The van der Waals surface area contributed by atoms with Gasteiger partial charge in [-0.25, -0.2) is 4.79 Å². The summed E-state index contributed by atoms with van der Waals surface area (Å²) in [6, 6.07) is 17.1. The molecule has 0 spiro atoms. The van der Waals surface area contributed by atoms with Crippen LogP contribution >= 0.6 is 11.6 Å². The van der Waals surface area contributed by atoms with E-state index in [-0.39, 0.29) is 34.5 Å². The van der Waals surface area contributed by atoms with Crippen molar-refractivity contribution in [2.24, 2.45) is 0 Å². The fourth-order valence-corrected chi connectivity index (χ4v) is 3.25. The molecular weight excluding hydrogens is 464 g/mol. The second-order valence-electron chi connectivity index (χ2n) is 6.93. The van der Waals surface area contributed by atoms with Crippen molar-refractivity contribution in [3.8, 4) is 11.5 Å². The molecular formula is C24H19ClN2O7. The number of nitro groups is 1. The third-order valence-electron chi connectivity index (χ3n) is 4.58. The Kier molecular flexibility index (Phi) is 7.83. The molecule has 0 aromatic heterocycles. The molecule has 0 radical (unpaired) electrons. The van der Waals surface area contributed by atoms with Crippen LogP contribution in [0.2, 0.25) is 5.02 Å². The lowest BCUT2D eigenvalue weighted by atomic mass is 10.1. The average molecular weight is 483 g/mol. The van der Waals surface area contributed by atoms with Crippen LogP contribution in [0.1, 0.15) is 21.5 Å². The molecule has 0 unspecified atom stereocenters. The fourth-order valence-electron chi connectivity index (χ4n) is 2.98. The van der Waals surface area contributed by atoms with Crippen LogP contribution in [0.4, 0.5) is 5.69 Å². The first-order valence-electron chi connectivity index (χ1n) is 9.83. The van der Waals surface area contributed by atoms with Crippen molar-refractivity contribution in [2.75, 3.05) is 7.11 Å². The minimum Gasteiger partial charge on any atom is -0.493 e. The van der Waals surface area contributed by atoms with E-state index in [9.17, 15) is 24.8 Å². The number of ether oxygens (including phenoxy) is 2. The summed E-state index contributed by atoms with van der Waals surface area (Å²) in [4.78, 5) is 34.5. The van der Waals surface area contributed by atoms with E-state index < -0.39 is 16.8 Å². The van der Waals surface area contributed by atoms with E-state index in [4.69, 9.17) is 21.1 Å². The average Bonchev–Trinajstić information content (AvgIpc) is 2.83. The van der Waals surface area contributed by atoms with E-state index in [2.05, 4.69) is 5.32 Å². The van der Waals surface area contributed by atoms with Gasteiger partial charge in [-0.2, -0.15) is 0 Å². The Morgan fingerprint density at radius 1 is 1.12 bits per heavy atom. The van der Waals surface area contributed by atoms with Gasteiger partial charge in [-0.05, 0) is 41.5 Å². The lowest BCUT2D eigenvalue weighted by Crippen LogP contribution is -2.27. The molecule has 3 aromatic carbocycles. The normalized spacial score (nSPS) is 10.9. The maximum absolute atomic E-state index is 12.4. The fraction of sp³-hybridized carbons (Fsp3) is 0.0833. The van der Waals surface area contributed by atoms with Gasteiger partial charge < -0.3 is 19.9 Å². The summed E-state index contributed by atoms with van der Waals surface area (Å²) in [7, 11) is 1.38. The number of carboxylic acid groups (broad SMARTS) is 1. The number of carbonyl (C=O) groups excluding carboxylic acids is 1. The van der Waals surface area contributed by atoms with E-state index in [1.54, 1.807) is 42.5 Å². The number of nitrogens with one attached hydrogen (secondary N) is 1. The van der Waals surface area contributed by atoms with Crippen molar-refractivity contribution in [3.05, 3.63) is 104 Å². The van der Waals surface area contributed by atoms with Gasteiger partial charge in [0.25, 0.3) is 11.6 Å². The molecule has 3 aromatic rings. The van der Waals surface area contributed by atoms with E-state index in [1.807, 2.05) is 0 Å². The smallest absolute Gasteiger partial charge is 0.352 e. The number of carbonyl (C=O) groups is 2. The Balaban J connectivity index is 1.84. The van der Waals surface area contributed by atoms with Crippen molar-refractivity contribution < 1.29 is 29.1 Å². The molecule has 0 saturated heterocycles. The molecule has 0 atom stereocenters. The van der Waals surface area contributed by atoms with E-state index in [0.717, 1.165) is 0 Å². The Labute approximate surface area is 199 Å². The van der Waals surface area contributed by atoms with Gasteiger partial charge in [-0.3, -0.25) is 14.9 Å². The minimum atomic E-state index is -1.34. The van der Waals surface area contributed by atoms with Crippen LogP contribution in [0, 0.1) is 10.1 Å². The van der Waals surface area contributed by atoms with Crippen LogP contribution in [-0.4, -0.2) is 29.0 Å². The highest BCUT2D eigenvalue weighted by molar-refractivity contribution is 6.32. The molecule has 0 fully saturated rings. The van der Waals surface area contributed by atoms with Crippen molar-refractivity contribution in [1.82, 2.24) is 5.32 Å². The molecule has 1 amide bonds. The molecule has 174 valence electrons. The van der Waals surface area contributed by atoms with Crippen LogP contribution in [0.5, 0.6) is 11.5 Å². The molecule has 0 aliphatic carbocycles. The number of halogens is 1. The third-order valence-corrected chi connectivity index (χ3v) is 4.86. The molecule has 0 saturated carbocycles. The summed E-state index contributed by atoms with van der Waals surface area (Å²) in [6.45, 7) is -0.0134. The predicted octanol–water partition coefficient (Wildman–Crippen LogP) is 4.69. The van der Waals surface area contributed by atoms with Crippen LogP contribution in [0.3, 0.4) is 0 Å². The van der Waals surface area contributed by atoms with Crippen LogP contribution in [0.25, 0.3) is 6.08 Å². The minimum absolute atomic E-state index is 0.0134. The molecule has 0 aliphatic rings. The monoisotopic (exact) mass is 482 g/mol. The van der Waals surface area contributed by atoms with E-state index >= 15 is 0 Å². The first-order valence-corrected chi connectivity index (χ1v) is 10.2. The number of aliphatic carboxylic acids is 1. The zero-order valence-corrected chi connectivity index (χ0v) is 18.6. The number of hydrogen-bond acceptors (Lipinski definition) is 6. The van der Waals surface area contributed by atoms with Crippen LogP contribution in [-0.2, 0) is 11.4 Å². The molecule has 34 heavy (non-hydrogen) atoms. The molecule has 0 heterocycles. The topological polar surface area (TPSA) is 128 Å². The maximum atomic E-state index is 12.4. The van der Waals surface area contributed by atoms with Crippen LogP contribution < -0.4 is 14.8 Å². The van der Waals surface area contributed by atoms with Gasteiger partial charge in [0.15, 0.2) is 11.5 Å². The Morgan fingerprint density at radius 2 is 1.85 bits per heavy atom. The summed E-state index contributed by atoms with van der Waals surface area (Å²) in [5.74, 6) is -1.53. The lowest BCUT2D eigenvalue weighted by Gasteiger charge is -2.14. The highest BCUT2D eigenvalue weighted by Gasteiger charge is 2.16. The summed E-state index contributed by atoms with van der Waals surface area (Å²) in [5, 5.41) is 23.0. The number of rotatable bonds is 9. The second kappa shape index (κ2) is 11.0. The summed E-state index contributed by atoms with van der Waals surface area (Å²) in [5.41, 5.74) is 0.759. The van der Waals surface area contributed by atoms with E-state index in [1.165, 1.54) is 37.5 Å². The van der Waals surface area contributed by atoms with Gasteiger partial charge in [0.05, 0.1) is 17.1 Å². The predicted molar refractivity (Wildman–Crippen MR) is 125 cm³/mol. The zero-order valence-electron chi connectivity index (χ0n) is 17.9. The number of carboxylic acids is 1. The summed E-state index contributed by atoms with van der Waals surface area (Å²) in [6.07, 6.45) is 1.24. The highest BCUT2D eigenvalue weighted by Crippen LogP contribution is 2.37. The number of amides is 1. The lowest BCUT2D eigenvalue weighted by molar-refractivity contribution is -0.384. The summed E-state index contributed by atoms with van der Waals surface area (Å²) >= 11 is 6.35. The van der Waals surface area contributed by atoms with Gasteiger partial charge in [-0.1, -0.05) is 41.9 Å². The zero-order chi connectivity index (χ0) is 24.7. The van der Waals surface area contributed by atoms with Gasteiger partial charge in [0.1, 0.15) is 12.3 Å². The Hall–Kier alpha value is -4.37. The van der Waals surface area contributed by atoms with Gasteiger partial charge in [-0.15, -0.1) is 0 Å². The largest absolute Gasteiger partial charge is 0.493 e. The van der Waals surface area contributed by atoms with Gasteiger partial charge in [0, 0.05) is 17.7 Å². The molecule has 3 rings (SSSR count). The number of hydrogen-bond donors (Lipinski definition) is 2. The highest BCUT2D eigenvalue weighted by atomic mass is 35.5. The van der Waals surface area contributed by atoms with E-state index in [0.29, 0.717) is 16.7 Å². The first kappa shape index (κ1) is 24.3. The van der Waals surface area contributed by atoms with Crippen molar-refractivity contribution in [3.63, 3.8) is 0 Å². The molecule has 0 aliphatic heterocycles. The van der Waals surface area contributed by atoms with Crippen molar-refractivity contribution in [2.45, 2.75) is 6.61 Å². The van der Waals surface area contributed by atoms with Crippen molar-refractivity contribution >= 4 is 35.2 Å². The maximum Gasteiger partial charge on any atom is 0.352 e. The van der Waals surface area contributed by atoms with Crippen LogP contribution in [0.15, 0.2) is 72.4 Å². The third kappa shape index (κ3) is 6.11. The SMILES string of the molecule is COc1cc(/C=C(/NC(=O)c2ccccc2)C(=O)O)cc(Cl)c1OCc1cccc([N+](=O)[O-])c1.